The Morgan fingerprint density at radius 2 is 1.87 bits per heavy atom. The molecule has 0 radical (unpaired) electrons. The Hall–Kier alpha value is -2.68. The number of rotatable bonds is 1. The summed E-state index contributed by atoms with van der Waals surface area (Å²) in [6, 6.07) is 10.0. The summed E-state index contributed by atoms with van der Waals surface area (Å²) in [7, 11) is 2.12. The largest absolute Gasteiger partial charge is 0.437 e. The lowest BCUT2D eigenvalue weighted by Crippen LogP contribution is -2.36. The molecule has 3 nitrogen and oxygen atoms in total. The molecule has 0 atom stereocenters. The van der Waals surface area contributed by atoms with E-state index in [1.165, 1.54) is 62.5 Å². The highest BCUT2D eigenvalue weighted by Gasteiger charge is 2.37. The van der Waals surface area contributed by atoms with E-state index in [1.54, 1.807) is 6.07 Å². The van der Waals surface area contributed by atoms with Gasteiger partial charge in [0.15, 0.2) is 11.8 Å². The highest BCUT2D eigenvalue weighted by atomic mass is 16.3. The maximum Gasteiger partial charge on any atom is 0.227 e. The highest BCUT2D eigenvalue weighted by Crippen LogP contribution is 2.47. The molecule has 1 fully saturated rings. The van der Waals surface area contributed by atoms with Gasteiger partial charge in [0.1, 0.15) is 7.05 Å². The van der Waals surface area contributed by atoms with Crippen LogP contribution in [0.15, 0.2) is 40.9 Å². The van der Waals surface area contributed by atoms with Gasteiger partial charge in [-0.25, -0.2) is 9.55 Å². The quantitative estimate of drug-likeness (QED) is 0.332. The average Bonchev–Trinajstić information content (AvgIpc) is 3.17. The summed E-state index contributed by atoms with van der Waals surface area (Å²) in [4.78, 5) is 4.36. The molecule has 0 unspecified atom stereocenters. The molecule has 1 saturated carbocycles. The molecule has 3 aromatic heterocycles. The van der Waals surface area contributed by atoms with Gasteiger partial charge in [0.25, 0.3) is 0 Å². The SMILES string of the molecule is [2H]C([2H])([2H])c1ccc2c(n1)oc1c(-c3cc4c(c[n+]3C)CCC3(CCCCC3)C4)c(C)ccc12. The van der Waals surface area contributed by atoms with E-state index in [0.717, 1.165) is 33.2 Å². The van der Waals surface area contributed by atoms with E-state index < -0.39 is 6.85 Å². The van der Waals surface area contributed by atoms with Crippen molar-refractivity contribution in [3.05, 3.63) is 58.9 Å². The molecule has 0 N–H and O–H groups in total. The maximum atomic E-state index is 7.72. The number of hydrogen-bond donors (Lipinski definition) is 0. The molecule has 0 saturated heterocycles. The monoisotopic (exact) mass is 414 g/mol. The number of fused-ring (bicyclic) bond motifs is 4. The zero-order chi connectivity index (χ0) is 23.7. The van der Waals surface area contributed by atoms with E-state index in [4.69, 9.17) is 8.53 Å². The van der Waals surface area contributed by atoms with Crippen molar-refractivity contribution in [2.24, 2.45) is 12.5 Å². The van der Waals surface area contributed by atoms with E-state index in [2.05, 4.69) is 47.9 Å². The van der Waals surface area contributed by atoms with E-state index in [-0.39, 0.29) is 5.69 Å². The van der Waals surface area contributed by atoms with Gasteiger partial charge in [-0.2, -0.15) is 0 Å². The van der Waals surface area contributed by atoms with Gasteiger partial charge in [-0.05, 0) is 74.6 Å². The van der Waals surface area contributed by atoms with Crippen LogP contribution in [-0.4, -0.2) is 4.98 Å². The van der Waals surface area contributed by atoms with Gasteiger partial charge in [0, 0.05) is 32.2 Å². The third-order valence-corrected chi connectivity index (χ3v) is 7.83. The van der Waals surface area contributed by atoms with Gasteiger partial charge in [-0.1, -0.05) is 31.4 Å². The second-order valence-corrected chi connectivity index (χ2v) is 9.84. The van der Waals surface area contributed by atoms with E-state index in [1.807, 2.05) is 6.07 Å². The molecular formula is C28H31N2O+. The predicted molar refractivity (Wildman–Crippen MR) is 125 cm³/mol. The molecule has 3 heteroatoms. The third kappa shape index (κ3) is 3.01. The number of hydrogen-bond acceptors (Lipinski definition) is 2. The fourth-order valence-corrected chi connectivity index (χ4v) is 6.14. The van der Waals surface area contributed by atoms with Crippen molar-refractivity contribution >= 4 is 22.1 Å². The summed E-state index contributed by atoms with van der Waals surface area (Å²) in [5, 5.41) is 1.83. The van der Waals surface area contributed by atoms with Crippen molar-refractivity contribution in [2.45, 2.75) is 65.1 Å². The number of benzene rings is 1. The van der Waals surface area contributed by atoms with Crippen molar-refractivity contribution < 1.29 is 13.1 Å². The van der Waals surface area contributed by atoms with Crippen LogP contribution in [0.4, 0.5) is 0 Å². The second-order valence-electron chi connectivity index (χ2n) is 9.84. The first-order valence-electron chi connectivity index (χ1n) is 13.1. The van der Waals surface area contributed by atoms with Gasteiger partial charge in [-0.3, -0.25) is 0 Å². The molecule has 1 spiro atoms. The number of furan rings is 1. The summed E-state index contributed by atoms with van der Waals surface area (Å²) in [6.07, 6.45) is 12.8. The van der Waals surface area contributed by atoms with Crippen LogP contribution in [0, 0.1) is 19.2 Å². The van der Waals surface area contributed by atoms with Crippen molar-refractivity contribution in [3.8, 4) is 11.3 Å². The molecule has 3 heterocycles. The van der Waals surface area contributed by atoms with E-state index in [0.29, 0.717) is 11.1 Å². The normalized spacial score (nSPS) is 19.9. The van der Waals surface area contributed by atoms with Crippen LogP contribution in [0.25, 0.3) is 33.3 Å². The smallest absolute Gasteiger partial charge is 0.227 e. The van der Waals surface area contributed by atoms with Crippen molar-refractivity contribution in [2.75, 3.05) is 0 Å². The molecule has 2 aliphatic carbocycles. The van der Waals surface area contributed by atoms with Crippen molar-refractivity contribution in [1.29, 1.82) is 0 Å². The van der Waals surface area contributed by atoms with Crippen molar-refractivity contribution in [1.82, 2.24) is 4.98 Å². The van der Waals surface area contributed by atoms with E-state index in [9.17, 15) is 0 Å². The summed E-state index contributed by atoms with van der Waals surface area (Å²) in [5.74, 6) is 0. The van der Waals surface area contributed by atoms with Gasteiger partial charge < -0.3 is 4.42 Å². The lowest BCUT2D eigenvalue weighted by Gasteiger charge is -2.41. The Bertz CT molecular complexity index is 1430. The number of aryl methyl sites for hydroxylation is 4. The molecular weight excluding hydrogens is 380 g/mol. The second kappa shape index (κ2) is 6.91. The van der Waals surface area contributed by atoms with Crippen LogP contribution in [0.2, 0.25) is 0 Å². The number of aromatic nitrogens is 2. The Kier molecular flexibility index (Phi) is 3.57. The fraction of sp³-hybridized carbons (Fsp3) is 0.429. The lowest BCUT2D eigenvalue weighted by molar-refractivity contribution is -0.660. The summed E-state index contributed by atoms with van der Waals surface area (Å²) < 4.78 is 31.7. The first-order chi connectivity index (χ1) is 16.2. The number of pyridine rings is 2. The predicted octanol–water partition coefficient (Wildman–Crippen LogP) is 6.53. The number of nitrogens with zero attached hydrogens (tertiary/aromatic N) is 2. The first-order valence-corrected chi connectivity index (χ1v) is 11.6. The van der Waals surface area contributed by atoms with Gasteiger partial charge in [0.05, 0.1) is 5.56 Å². The van der Waals surface area contributed by atoms with Crippen LogP contribution in [0.3, 0.4) is 0 Å². The van der Waals surface area contributed by atoms with Crippen LogP contribution >= 0.6 is 0 Å². The van der Waals surface area contributed by atoms with E-state index >= 15 is 0 Å². The Balaban J connectivity index is 1.52. The highest BCUT2D eigenvalue weighted by molar-refractivity contribution is 6.08. The molecule has 31 heavy (non-hydrogen) atoms. The van der Waals surface area contributed by atoms with Crippen LogP contribution in [0.5, 0.6) is 0 Å². The fourth-order valence-electron chi connectivity index (χ4n) is 6.14. The van der Waals surface area contributed by atoms with Crippen LogP contribution in [-0.2, 0) is 19.9 Å². The van der Waals surface area contributed by atoms with Gasteiger partial charge >= 0.3 is 0 Å². The third-order valence-electron chi connectivity index (χ3n) is 7.83. The summed E-state index contributed by atoms with van der Waals surface area (Å²) >= 11 is 0. The standard InChI is InChI=1S/C28H31N2O/c1-18-7-9-22-23-10-8-19(2)29-27(23)31-26(22)25(18)24-15-21-16-28(12-5-4-6-13-28)14-11-20(21)17-30(24)3/h7-10,15,17H,4-6,11-14,16H2,1-3H3/q+1/i2D3. The summed E-state index contributed by atoms with van der Waals surface area (Å²) in [5.41, 5.74) is 8.03. The minimum atomic E-state index is -2.26. The molecule has 1 aromatic carbocycles. The molecule has 4 aromatic rings. The Labute approximate surface area is 188 Å². The molecule has 0 bridgehead atoms. The topological polar surface area (TPSA) is 29.9 Å². The molecule has 158 valence electrons. The molecule has 6 rings (SSSR count). The zero-order valence-corrected chi connectivity index (χ0v) is 18.4. The molecule has 0 aliphatic heterocycles. The zero-order valence-electron chi connectivity index (χ0n) is 21.4. The Morgan fingerprint density at radius 1 is 1.03 bits per heavy atom. The maximum absolute atomic E-state index is 7.72. The minimum absolute atomic E-state index is 0.0643. The average molecular weight is 415 g/mol. The van der Waals surface area contributed by atoms with Crippen molar-refractivity contribution in [3.63, 3.8) is 0 Å². The van der Waals surface area contributed by atoms with Crippen LogP contribution < -0.4 is 4.57 Å². The lowest BCUT2D eigenvalue weighted by atomic mass is 9.64. The van der Waals surface area contributed by atoms with Gasteiger partial charge in [-0.15, -0.1) is 0 Å². The first kappa shape index (κ1) is 16.0. The van der Waals surface area contributed by atoms with Gasteiger partial charge in [0.2, 0.25) is 11.4 Å². The summed E-state index contributed by atoms with van der Waals surface area (Å²) in [6.45, 7) is -0.142. The van der Waals surface area contributed by atoms with Crippen LogP contribution in [0.1, 0.15) is 65.0 Å². The molecule has 2 aliphatic rings. The molecule has 0 amide bonds. The Morgan fingerprint density at radius 3 is 2.71 bits per heavy atom. The minimum Gasteiger partial charge on any atom is -0.437 e.